The Kier molecular flexibility index (Phi) is 3.77. The van der Waals surface area contributed by atoms with Gasteiger partial charge in [-0.15, -0.1) is 0 Å². The molecule has 1 amide bonds. The Morgan fingerprint density at radius 1 is 1.16 bits per heavy atom. The molecule has 2 heterocycles. The zero-order valence-corrected chi connectivity index (χ0v) is 13.4. The summed E-state index contributed by atoms with van der Waals surface area (Å²) in [7, 11) is 0. The molecule has 136 valence electrons. The average molecular weight is 345 g/mol. The van der Waals surface area contributed by atoms with Gasteiger partial charge in [0.15, 0.2) is 5.82 Å². The maximum absolute atomic E-state index is 11.1. The number of anilines is 4. The number of nitrogens with one attached hydrogen (secondary N) is 3. The van der Waals surface area contributed by atoms with E-state index in [0.29, 0.717) is 23.2 Å². The van der Waals surface area contributed by atoms with Crippen molar-refractivity contribution in [3.05, 3.63) is 53.9 Å². The molecule has 8 heteroatoms. The van der Waals surface area contributed by atoms with E-state index in [1.807, 2.05) is 6.07 Å². The molecule has 1 fully saturated rings. The van der Waals surface area contributed by atoms with E-state index in [9.17, 15) is 4.79 Å². The number of aromatic amines is 1. The minimum atomic E-state index is -0.460. The van der Waals surface area contributed by atoms with Crippen LogP contribution in [0.1, 0.15) is 41.9 Å². The summed E-state index contributed by atoms with van der Waals surface area (Å²) in [6.07, 6.45) is 4.10. The fraction of sp³-hybridized carbons (Fsp3) is 0.176. The molecule has 2 aromatic heterocycles. The van der Waals surface area contributed by atoms with Crippen LogP contribution in [0.2, 0.25) is 0 Å². The minimum absolute atomic E-state index is 0. The number of nitrogens with zero attached hydrogens (tertiary/aromatic N) is 3. The van der Waals surface area contributed by atoms with Gasteiger partial charge in [-0.05, 0) is 43.2 Å². The van der Waals surface area contributed by atoms with Gasteiger partial charge in [0.2, 0.25) is 11.9 Å². The number of nitrogens with two attached hydrogens (primary N) is 1. The first-order valence-corrected chi connectivity index (χ1v) is 7.99. The van der Waals surface area contributed by atoms with E-state index in [1.165, 1.54) is 12.8 Å². The summed E-state index contributed by atoms with van der Waals surface area (Å²) in [6, 6.07) is 10.6. The predicted octanol–water partition coefficient (Wildman–Crippen LogP) is 3.89. The van der Waals surface area contributed by atoms with Crippen molar-refractivity contribution in [1.82, 2.24) is 20.2 Å². The lowest BCUT2D eigenvalue weighted by Crippen LogP contribution is -2.10. The Morgan fingerprint density at radius 2 is 1.96 bits per heavy atom. The molecule has 3 aromatic rings. The summed E-state index contributed by atoms with van der Waals surface area (Å²) in [5.74, 6) is 1.97. The summed E-state index contributed by atoms with van der Waals surface area (Å²) >= 11 is 0. The Balaban J connectivity index is 0. The Morgan fingerprint density at radius 3 is 2.68 bits per heavy atom. The normalized spacial score (nSPS) is 13.4. The number of primary amides is 1. The molecular formula is C17H27N7O. The van der Waals surface area contributed by atoms with Crippen molar-refractivity contribution in [2.75, 3.05) is 10.6 Å². The molecule has 4 rings (SSSR count). The number of H-pyrrole nitrogens is 1. The highest BCUT2D eigenvalue weighted by Crippen LogP contribution is 2.39. The maximum atomic E-state index is 11.1. The summed E-state index contributed by atoms with van der Waals surface area (Å²) in [5, 5.41) is 13.5. The zero-order chi connectivity index (χ0) is 17.2. The Hall–Kier alpha value is -3.42. The van der Waals surface area contributed by atoms with Gasteiger partial charge >= 0.3 is 0 Å². The number of hydrogen-bond acceptors (Lipinski definition) is 6. The van der Waals surface area contributed by atoms with Crippen molar-refractivity contribution in [1.29, 1.82) is 0 Å². The van der Waals surface area contributed by atoms with Gasteiger partial charge in [-0.25, -0.2) is 4.98 Å². The van der Waals surface area contributed by atoms with Crippen LogP contribution >= 0.6 is 0 Å². The molecule has 1 aliphatic carbocycles. The van der Waals surface area contributed by atoms with Gasteiger partial charge in [0.05, 0.1) is 0 Å². The first kappa shape index (κ1) is 15.1. The second-order valence-corrected chi connectivity index (χ2v) is 5.94. The van der Waals surface area contributed by atoms with E-state index < -0.39 is 5.91 Å². The van der Waals surface area contributed by atoms with Crippen LogP contribution in [0.5, 0.6) is 0 Å². The van der Waals surface area contributed by atoms with Crippen LogP contribution in [0.4, 0.5) is 23.3 Å². The summed E-state index contributed by atoms with van der Waals surface area (Å²) in [6.45, 7) is 0. The van der Waals surface area contributed by atoms with E-state index in [2.05, 4.69) is 30.8 Å². The number of amides is 1. The molecule has 25 heavy (non-hydrogen) atoms. The molecular weight excluding hydrogens is 318 g/mol. The van der Waals surface area contributed by atoms with Crippen molar-refractivity contribution in [3.63, 3.8) is 0 Å². The van der Waals surface area contributed by atoms with Gasteiger partial charge in [0, 0.05) is 42.3 Å². The monoisotopic (exact) mass is 345 g/mol. The molecule has 1 aromatic carbocycles. The van der Waals surface area contributed by atoms with Crippen LogP contribution in [-0.4, -0.2) is 26.1 Å². The second-order valence-electron chi connectivity index (χ2n) is 5.94. The number of aromatic nitrogens is 4. The molecule has 1 saturated carbocycles. The number of benzene rings is 1. The number of rotatable bonds is 6. The van der Waals surface area contributed by atoms with E-state index >= 15 is 0 Å². The Bertz CT molecular complexity index is 919. The minimum Gasteiger partial charge on any atom is -0.366 e. The SMILES string of the molecule is NC(=O)c1ccc(Nc2nccc(Nc3cc(C4CC4)[nH]n3)n2)cc1.[HH].[HH].[HH].[HH].[HH]. The fourth-order valence-electron chi connectivity index (χ4n) is 2.47. The summed E-state index contributed by atoms with van der Waals surface area (Å²) in [5.41, 5.74) is 7.60. The number of carbonyl (C=O) groups is 1. The van der Waals surface area contributed by atoms with E-state index in [4.69, 9.17) is 5.73 Å². The van der Waals surface area contributed by atoms with Gasteiger partial charge in [-0.1, -0.05) is 0 Å². The molecule has 0 bridgehead atoms. The molecule has 0 spiro atoms. The highest BCUT2D eigenvalue weighted by molar-refractivity contribution is 5.93. The van der Waals surface area contributed by atoms with Crippen molar-refractivity contribution >= 4 is 29.2 Å². The predicted molar refractivity (Wildman–Crippen MR) is 105 cm³/mol. The summed E-state index contributed by atoms with van der Waals surface area (Å²) < 4.78 is 0. The van der Waals surface area contributed by atoms with Gasteiger partial charge < -0.3 is 16.4 Å². The van der Waals surface area contributed by atoms with Crippen LogP contribution in [0.3, 0.4) is 0 Å². The van der Waals surface area contributed by atoms with Gasteiger partial charge in [-0.3, -0.25) is 9.89 Å². The average Bonchev–Trinajstić information content (AvgIpc) is 3.36. The highest BCUT2D eigenvalue weighted by Gasteiger charge is 2.25. The van der Waals surface area contributed by atoms with Crippen LogP contribution in [-0.2, 0) is 0 Å². The maximum Gasteiger partial charge on any atom is 0.248 e. The summed E-state index contributed by atoms with van der Waals surface area (Å²) in [4.78, 5) is 19.7. The molecule has 0 saturated heterocycles. The smallest absolute Gasteiger partial charge is 0.248 e. The van der Waals surface area contributed by atoms with Crippen LogP contribution in [0.15, 0.2) is 42.6 Å². The van der Waals surface area contributed by atoms with E-state index in [1.54, 1.807) is 36.5 Å². The quantitative estimate of drug-likeness (QED) is 0.537. The van der Waals surface area contributed by atoms with Crippen molar-refractivity contribution in [2.24, 2.45) is 5.73 Å². The van der Waals surface area contributed by atoms with E-state index in [-0.39, 0.29) is 7.13 Å². The molecule has 1 aliphatic rings. The molecule has 0 atom stereocenters. The lowest BCUT2D eigenvalue weighted by molar-refractivity contribution is 0.100. The lowest BCUT2D eigenvalue weighted by Gasteiger charge is -2.07. The lowest BCUT2D eigenvalue weighted by atomic mass is 10.2. The van der Waals surface area contributed by atoms with Crippen LogP contribution in [0, 0.1) is 0 Å². The highest BCUT2D eigenvalue weighted by atomic mass is 16.1. The topological polar surface area (TPSA) is 122 Å². The van der Waals surface area contributed by atoms with Gasteiger partial charge in [0.25, 0.3) is 0 Å². The third kappa shape index (κ3) is 3.57. The standard InChI is InChI=1S/C17H17N7O.5H2/c18-16(25)11-3-5-12(6-4-11)20-17-19-8-7-14(22-17)21-15-9-13(23-24-15)10-1-2-10;;;;;/h3-10H,1-2H2,(H2,18,25)(H3,19,20,21,22,23,24);5*1H. The third-order valence-corrected chi connectivity index (χ3v) is 3.95. The largest absolute Gasteiger partial charge is 0.366 e. The van der Waals surface area contributed by atoms with Gasteiger partial charge in [-0.2, -0.15) is 10.1 Å². The van der Waals surface area contributed by atoms with Crippen molar-refractivity contribution in [2.45, 2.75) is 18.8 Å². The molecule has 5 N–H and O–H groups in total. The zero-order valence-electron chi connectivity index (χ0n) is 13.4. The second kappa shape index (κ2) is 6.23. The molecule has 0 aliphatic heterocycles. The van der Waals surface area contributed by atoms with Crippen molar-refractivity contribution in [3.8, 4) is 0 Å². The number of hydrogen-bond donors (Lipinski definition) is 4. The third-order valence-electron chi connectivity index (χ3n) is 3.95. The molecule has 0 unspecified atom stereocenters. The molecule has 0 radical (unpaired) electrons. The van der Waals surface area contributed by atoms with E-state index in [0.717, 1.165) is 17.2 Å². The Labute approximate surface area is 151 Å². The molecule has 8 nitrogen and oxygen atoms in total. The first-order valence-electron chi connectivity index (χ1n) is 7.99. The van der Waals surface area contributed by atoms with Crippen LogP contribution < -0.4 is 16.4 Å². The first-order chi connectivity index (χ1) is 12.2. The fourth-order valence-corrected chi connectivity index (χ4v) is 2.47. The van der Waals surface area contributed by atoms with Crippen molar-refractivity contribution < 1.29 is 11.9 Å². The van der Waals surface area contributed by atoms with Gasteiger partial charge in [0.1, 0.15) is 5.82 Å². The van der Waals surface area contributed by atoms with Crippen LogP contribution in [0.25, 0.3) is 0 Å². The number of carbonyl (C=O) groups excluding carboxylic acids is 1.